The zero-order chi connectivity index (χ0) is 74.2. The molecule has 3 aliphatic rings. The van der Waals surface area contributed by atoms with E-state index >= 15 is 0 Å². The molecule has 9 N–H and O–H groups in total. The van der Waals surface area contributed by atoms with Crippen LogP contribution in [0.25, 0.3) is 17.0 Å². The van der Waals surface area contributed by atoms with Crippen molar-refractivity contribution in [3.05, 3.63) is 284 Å². The number of anilines is 5. The highest BCUT2D eigenvalue weighted by Crippen LogP contribution is 2.47. The molecule has 5 aromatic heterocycles. The minimum atomic E-state index is -1.000. The van der Waals surface area contributed by atoms with Crippen LogP contribution in [0.3, 0.4) is 0 Å². The van der Waals surface area contributed by atoms with Crippen LogP contribution in [0.5, 0.6) is 0 Å². The molecule has 23 nitrogen and oxygen atoms in total. The number of halogens is 5. The van der Waals surface area contributed by atoms with E-state index in [0.29, 0.717) is 33.7 Å². The number of ketones is 1. The number of aromatic carboxylic acids is 1. The smallest absolute Gasteiger partial charge is 0.415 e. The van der Waals surface area contributed by atoms with Gasteiger partial charge in [0, 0.05) is 67.3 Å². The third-order valence-corrected chi connectivity index (χ3v) is 19.0. The number of carbonyl (C=O) groups is 5. The maximum absolute atomic E-state index is 12.8. The first-order valence-corrected chi connectivity index (χ1v) is 36.3. The lowest BCUT2D eigenvalue weighted by Crippen LogP contribution is -2.33. The van der Waals surface area contributed by atoms with Crippen LogP contribution in [-0.4, -0.2) is 88.0 Å². The Kier molecular flexibility index (Phi) is 26.9. The number of hydrogen-bond acceptors (Lipinski definition) is 18. The second-order valence-electron chi connectivity index (χ2n) is 24.4. The highest BCUT2D eigenvalue weighted by molar-refractivity contribution is 14.1. The highest BCUT2D eigenvalue weighted by atomic mass is 127. The van der Waals surface area contributed by atoms with Gasteiger partial charge in [0.1, 0.15) is 51.7 Å². The second-order valence-corrected chi connectivity index (χ2v) is 29.8. The zero-order valence-corrected chi connectivity index (χ0v) is 65.7. The molecule has 0 saturated carbocycles. The number of fused-ring (bicyclic) bond motifs is 1. The standard InChI is InChI=1S/C24H22IN3O3.C23H19IN4O2.C18H17NO4.C5H3ClIN.C5H6IN3.H4N2/c1-24(2)22(17-6-4-3-5-7-17)28(23(30)31-24)19-10-8-16(9-11-19)20(29)15-27-21-14-18(25)12-13-26-21;1-23(2)20(15-6-4-3-5-7-15)28(22(29)30-23)18-10-8-16(9-11-18)21-26-25-19-14-17(24)12-13-27(19)21;1-18(2)15(12-6-4-3-5-7-12)19(17(22)23-18)14-10-8-13(9-11-14)16(20)21;6-5-3-4(7)1-2-8-5;6-4-1-2-8-5(3-4)9-7;1-2/h3-14,22H,15H2,1-2H3,(H,26,27);3-14,20H,1-2H3;3-11,15H,1-2H3,(H,20,21);1-3H;1-3H,7H2,(H,8,9);1-2H2/t22-;20-;15-;;;/m000.../s1. The van der Waals surface area contributed by atoms with Crippen LogP contribution in [0, 0.1) is 14.3 Å². The van der Waals surface area contributed by atoms with Gasteiger partial charge in [-0.1, -0.05) is 103 Å². The quantitative estimate of drug-likeness (QED) is 0.0156. The highest BCUT2D eigenvalue weighted by Gasteiger charge is 2.51. The summed E-state index contributed by atoms with van der Waals surface area (Å²) in [6.07, 6.45) is 5.87. The van der Waals surface area contributed by atoms with E-state index in [1.165, 1.54) is 12.1 Å². The van der Waals surface area contributed by atoms with Crippen molar-refractivity contribution < 1.29 is 43.3 Å². The first kappa shape index (κ1) is 78.2. The molecular formula is C75H71ClI4N14O9. The topological polar surface area (TPSA) is 314 Å². The summed E-state index contributed by atoms with van der Waals surface area (Å²) in [5.74, 6) is 14.2. The van der Waals surface area contributed by atoms with Crippen LogP contribution >= 0.6 is 102 Å². The maximum Gasteiger partial charge on any atom is 0.415 e. The van der Waals surface area contributed by atoms with Crippen molar-refractivity contribution >= 4 is 166 Å². The lowest BCUT2D eigenvalue weighted by Gasteiger charge is -2.29. The molecule has 3 fully saturated rings. The fourth-order valence-electron chi connectivity index (χ4n) is 11.6. The van der Waals surface area contributed by atoms with Gasteiger partial charge in [-0.2, -0.15) is 0 Å². The maximum atomic E-state index is 12.8. The predicted molar refractivity (Wildman–Crippen MR) is 433 cm³/mol. The first-order valence-electron chi connectivity index (χ1n) is 31.6. The third kappa shape index (κ3) is 19.9. The van der Waals surface area contributed by atoms with Crippen LogP contribution in [-0.2, 0) is 14.2 Å². The van der Waals surface area contributed by atoms with Gasteiger partial charge < -0.3 is 30.1 Å². The molecule has 11 aromatic rings. The lowest BCUT2D eigenvalue weighted by atomic mass is 9.91. The summed E-state index contributed by atoms with van der Waals surface area (Å²) >= 11 is 14.4. The number of carboxylic acid groups (broad SMARTS) is 1. The number of rotatable bonds is 13. The molecule has 14 rings (SSSR count). The van der Waals surface area contributed by atoms with Gasteiger partial charge in [-0.25, -0.2) is 40.0 Å². The van der Waals surface area contributed by atoms with E-state index in [4.69, 9.17) is 36.8 Å². The monoisotopic (exact) mass is 1850 g/mol. The number of amides is 3. The van der Waals surface area contributed by atoms with Crippen molar-refractivity contribution in [1.82, 2.24) is 29.5 Å². The molecule has 28 heteroatoms. The van der Waals surface area contributed by atoms with E-state index in [9.17, 15) is 24.0 Å². The van der Waals surface area contributed by atoms with Crippen molar-refractivity contribution in [2.45, 2.75) is 76.5 Å². The van der Waals surface area contributed by atoms with Gasteiger partial charge >= 0.3 is 24.2 Å². The van der Waals surface area contributed by atoms with Crippen LogP contribution in [0.4, 0.5) is 43.1 Å². The van der Waals surface area contributed by atoms with E-state index in [1.54, 1.807) is 69.7 Å². The van der Waals surface area contributed by atoms with E-state index < -0.39 is 35.0 Å². The van der Waals surface area contributed by atoms with Gasteiger partial charge in [-0.05, 0) is 270 Å². The fraction of sp³-hybridized carbons (Fsp3) is 0.173. The molecule has 3 amide bonds. The largest absolute Gasteiger partial charge is 0.478 e. The Hall–Kier alpha value is -8.97. The summed E-state index contributed by atoms with van der Waals surface area (Å²) in [5, 5.41) is 21.2. The molecule has 0 aliphatic carbocycles. The molecule has 8 heterocycles. The Labute approximate surface area is 654 Å². The number of Topliss-reactive ketones (excluding diaryl/α,β-unsaturated/α-hetero) is 1. The van der Waals surface area contributed by atoms with Gasteiger partial charge in [-0.15, -0.1) is 10.2 Å². The van der Waals surface area contributed by atoms with Gasteiger partial charge in [0.15, 0.2) is 17.3 Å². The Morgan fingerprint density at radius 3 is 1.25 bits per heavy atom. The number of nitrogens with two attached hydrogens (primary N) is 3. The van der Waals surface area contributed by atoms with Crippen molar-refractivity contribution in [3.63, 3.8) is 0 Å². The number of hydrogen-bond donors (Lipinski definition) is 6. The zero-order valence-electron chi connectivity index (χ0n) is 56.3. The Bertz CT molecular complexity index is 4710. The molecule has 530 valence electrons. The average molecular weight is 1860 g/mol. The molecule has 0 spiro atoms. The minimum absolute atomic E-state index is 0.0591. The van der Waals surface area contributed by atoms with Crippen molar-refractivity contribution in [1.29, 1.82) is 0 Å². The molecule has 103 heavy (non-hydrogen) atoms. The van der Waals surface area contributed by atoms with Gasteiger partial charge in [0.05, 0.1) is 12.1 Å². The molecule has 3 aliphatic heterocycles. The minimum Gasteiger partial charge on any atom is -0.478 e. The van der Waals surface area contributed by atoms with E-state index in [0.717, 1.165) is 53.7 Å². The molecule has 3 atom stereocenters. The van der Waals surface area contributed by atoms with E-state index in [1.807, 2.05) is 216 Å². The number of cyclic esters (lactones) is 3. The van der Waals surface area contributed by atoms with Crippen molar-refractivity contribution in [3.8, 4) is 11.4 Å². The van der Waals surface area contributed by atoms with E-state index in [-0.39, 0.29) is 42.1 Å². The number of hydrazine groups is 2. The lowest BCUT2D eigenvalue weighted by molar-refractivity contribution is 0.0676. The number of nitrogens with one attached hydrogen (secondary N) is 2. The van der Waals surface area contributed by atoms with Crippen LogP contribution in [0.15, 0.2) is 237 Å². The number of carboxylic acids is 1. The number of nitrogen functional groups attached to an aromatic ring is 1. The Balaban J connectivity index is 0.000000160. The number of carbonyl (C=O) groups excluding carboxylic acids is 4. The summed E-state index contributed by atoms with van der Waals surface area (Å²) in [6.45, 7) is 11.6. The van der Waals surface area contributed by atoms with E-state index in [2.05, 4.69) is 138 Å². The van der Waals surface area contributed by atoms with Gasteiger partial charge in [0.25, 0.3) is 0 Å². The molecule has 6 aromatic carbocycles. The fourth-order valence-corrected chi connectivity index (χ4v) is 13.8. The molecule has 0 unspecified atom stereocenters. The number of nitrogens with zero attached hydrogens (tertiary/aromatic N) is 9. The first-order chi connectivity index (χ1) is 49.3. The summed E-state index contributed by atoms with van der Waals surface area (Å²) in [6, 6.07) is 65.0. The van der Waals surface area contributed by atoms with Crippen LogP contribution < -0.4 is 43.0 Å². The van der Waals surface area contributed by atoms with Crippen LogP contribution in [0.1, 0.15) is 97.1 Å². The average Bonchev–Trinajstić information content (AvgIpc) is 1.63. The number of aromatic nitrogens is 6. The summed E-state index contributed by atoms with van der Waals surface area (Å²) < 4.78 is 23.2. The number of ether oxygens (including phenoxy) is 3. The van der Waals surface area contributed by atoms with Crippen molar-refractivity contribution in [2.24, 2.45) is 17.5 Å². The summed E-state index contributed by atoms with van der Waals surface area (Å²) in [4.78, 5) is 78.3. The predicted octanol–water partition coefficient (Wildman–Crippen LogP) is 16.9. The Morgan fingerprint density at radius 2 is 0.874 bits per heavy atom. The van der Waals surface area contributed by atoms with Crippen LogP contribution in [0.2, 0.25) is 5.15 Å². The SMILES string of the molecule is CC1(C)OC(=O)N(c2ccc(-c3nnc4cc(I)ccn34)cc2)[C@H]1c1ccccc1.CC1(C)OC(=O)N(c2ccc(C(=O)CNc3cc(I)ccn3)cc2)[C@H]1c1ccccc1.CC1(C)OC(=O)N(c2ccc(C(=O)O)cc2)[C@H]1c1ccccc1.Clc1cc(I)ccn1.NN.NNc1cc(I)ccn1. The summed E-state index contributed by atoms with van der Waals surface area (Å²) in [5.41, 5.74) is 7.98. The van der Waals surface area contributed by atoms with Gasteiger partial charge in [-0.3, -0.25) is 35.6 Å². The number of pyridine rings is 4. The molecule has 3 saturated heterocycles. The van der Waals surface area contributed by atoms with Gasteiger partial charge in [0.2, 0.25) is 0 Å². The normalized spacial score (nSPS) is 16.4. The Morgan fingerprint density at radius 1 is 0.495 bits per heavy atom. The second kappa shape index (κ2) is 35.5. The molecular weight excluding hydrogens is 1780 g/mol. The van der Waals surface area contributed by atoms with Crippen molar-refractivity contribution in [2.75, 3.05) is 32.0 Å². The molecule has 0 bridgehead atoms. The molecule has 0 radical (unpaired) electrons. The number of benzene rings is 6. The summed E-state index contributed by atoms with van der Waals surface area (Å²) in [7, 11) is 0. The third-order valence-electron chi connectivity index (χ3n) is 16.1.